The predicted octanol–water partition coefficient (Wildman–Crippen LogP) is 3.85. The molecule has 1 saturated carbocycles. The van der Waals surface area contributed by atoms with Crippen molar-refractivity contribution in [3.8, 4) is 11.6 Å². The van der Waals surface area contributed by atoms with Gasteiger partial charge in [0.15, 0.2) is 0 Å². The molecule has 0 atom stereocenters. The third-order valence-electron chi connectivity index (χ3n) is 5.48. The number of nitrogens with zero attached hydrogens (tertiary/aromatic N) is 4. The first-order valence-electron chi connectivity index (χ1n) is 9.99. The van der Waals surface area contributed by atoms with E-state index in [0.29, 0.717) is 18.2 Å². The molecule has 1 aromatic carbocycles. The van der Waals surface area contributed by atoms with Gasteiger partial charge in [0, 0.05) is 29.5 Å². The Kier molecular flexibility index (Phi) is 4.62. The Labute approximate surface area is 177 Å². The van der Waals surface area contributed by atoms with Crippen LogP contribution in [0.2, 0.25) is 0 Å². The Morgan fingerprint density at radius 3 is 2.74 bits per heavy atom. The second kappa shape index (κ2) is 7.46. The van der Waals surface area contributed by atoms with Crippen LogP contribution in [0.25, 0.3) is 10.9 Å². The van der Waals surface area contributed by atoms with Gasteiger partial charge in [0.2, 0.25) is 12.3 Å². The van der Waals surface area contributed by atoms with Gasteiger partial charge in [0.25, 0.3) is 0 Å². The summed E-state index contributed by atoms with van der Waals surface area (Å²) in [5.74, 6) is 0.691. The maximum atomic E-state index is 13.1. The molecule has 156 valence electrons. The fraction of sp³-hybridized carbons (Fsp3) is 0.217. The number of nitrogens with one attached hydrogen (secondary N) is 1. The van der Waals surface area contributed by atoms with Gasteiger partial charge in [-0.05, 0) is 61.7 Å². The molecule has 8 heteroatoms. The molecular weight excluding hydrogens is 397 g/mol. The number of aromatic nitrogens is 4. The molecule has 0 aliphatic heterocycles. The van der Waals surface area contributed by atoms with Crippen LogP contribution in [0.3, 0.4) is 0 Å². The van der Waals surface area contributed by atoms with Crippen molar-refractivity contribution in [2.75, 3.05) is 0 Å². The van der Waals surface area contributed by atoms with Crippen LogP contribution in [0.5, 0.6) is 11.6 Å². The van der Waals surface area contributed by atoms with Crippen molar-refractivity contribution in [2.24, 2.45) is 0 Å². The van der Waals surface area contributed by atoms with Gasteiger partial charge in [0.1, 0.15) is 11.6 Å². The van der Waals surface area contributed by atoms with Gasteiger partial charge >= 0.3 is 0 Å². The first-order valence-corrected chi connectivity index (χ1v) is 9.99. The summed E-state index contributed by atoms with van der Waals surface area (Å²) in [6, 6.07) is 9.69. The largest absolute Gasteiger partial charge is 0.439 e. The fourth-order valence-electron chi connectivity index (χ4n) is 3.76. The van der Waals surface area contributed by atoms with Gasteiger partial charge in [-0.2, -0.15) is 5.10 Å². The van der Waals surface area contributed by atoms with Crippen molar-refractivity contribution in [3.63, 3.8) is 0 Å². The highest BCUT2D eigenvalue weighted by molar-refractivity contribution is 5.82. The van der Waals surface area contributed by atoms with Crippen LogP contribution in [0.15, 0.2) is 55.0 Å². The molecule has 1 aliphatic carbocycles. The van der Waals surface area contributed by atoms with E-state index in [4.69, 9.17) is 4.74 Å². The molecule has 7 nitrogen and oxygen atoms in total. The van der Waals surface area contributed by atoms with E-state index < -0.39 is 0 Å². The summed E-state index contributed by atoms with van der Waals surface area (Å²) in [5, 5.41) is 8.52. The molecule has 1 amide bonds. The molecule has 31 heavy (non-hydrogen) atoms. The number of pyridine rings is 2. The van der Waals surface area contributed by atoms with Crippen molar-refractivity contribution in [1.82, 2.24) is 25.1 Å². The smallest absolute Gasteiger partial charge is 0.222 e. The van der Waals surface area contributed by atoms with E-state index in [9.17, 15) is 9.18 Å². The zero-order chi connectivity index (χ0) is 21.4. The summed E-state index contributed by atoms with van der Waals surface area (Å²) >= 11 is 0. The first-order chi connectivity index (χ1) is 15.1. The molecule has 0 radical (unpaired) electrons. The van der Waals surface area contributed by atoms with E-state index in [2.05, 4.69) is 20.4 Å². The lowest BCUT2D eigenvalue weighted by Crippen LogP contribution is -2.28. The highest BCUT2D eigenvalue weighted by Gasteiger charge is 2.46. The Balaban J connectivity index is 1.38. The number of fused-ring (bicyclic) bond motifs is 1. The summed E-state index contributed by atoms with van der Waals surface area (Å²) in [7, 11) is 0. The maximum Gasteiger partial charge on any atom is 0.222 e. The summed E-state index contributed by atoms with van der Waals surface area (Å²) in [6.07, 6.45) is 7.93. The van der Waals surface area contributed by atoms with E-state index in [1.54, 1.807) is 24.5 Å². The minimum Gasteiger partial charge on any atom is -0.439 e. The summed E-state index contributed by atoms with van der Waals surface area (Å²) in [5.41, 5.74) is 3.17. The number of rotatable bonds is 7. The minimum atomic E-state index is -0.368. The maximum absolute atomic E-state index is 13.1. The number of amides is 1. The van der Waals surface area contributed by atoms with Crippen LogP contribution in [-0.4, -0.2) is 26.2 Å². The number of carbonyl (C=O) groups excluding carboxylic acids is 1. The average Bonchev–Trinajstić information content (AvgIpc) is 3.42. The van der Waals surface area contributed by atoms with Gasteiger partial charge in [-0.15, -0.1) is 0 Å². The lowest BCUT2D eigenvalue weighted by molar-refractivity contribution is -0.110. The molecule has 5 rings (SSSR count). The second-order valence-electron chi connectivity index (χ2n) is 7.78. The monoisotopic (exact) mass is 417 g/mol. The van der Waals surface area contributed by atoms with Crippen LogP contribution in [-0.2, 0) is 16.9 Å². The summed E-state index contributed by atoms with van der Waals surface area (Å²) in [4.78, 5) is 20.0. The van der Waals surface area contributed by atoms with Crippen molar-refractivity contribution < 1.29 is 13.9 Å². The van der Waals surface area contributed by atoms with Gasteiger partial charge in [-0.25, -0.2) is 9.37 Å². The number of halogens is 1. The lowest BCUT2D eigenvalue weighted by atomic mass is 10.1. The van der Waals surface area contributed by atoms with Crippen LogP contribution in [0, 0.1) is 12.7 Å². The van der Waals surface area contributed by atoms with Crippen LogP contribution < -0.4 is 10.1 Å². The second-order valence-corrected chi connectivity index (χ2v) is 7.78. The zero-order valence-corrected chi connectivity index (χ0v) is 16.9. The summed E-state index contributed by atoms with van der Waals surface area (Å²) in [6.45, 7) is 2.45. The highest BCUT2D eigenvalue weighted by Crippen LogP contribution is 2.46. The normalized spacial score (nSPS) is 14.4. The lowest BCUT2D eigenvalue weighted by Gasteiger charge is -2.13. The molecular formula is C23H20FN5O2. The van der Waals surface area contributed by atoms with E-state index in [1.807, 2.05) is 29.9 Å². The van der Waals surface area contributed by atoms with Crippen molar-refractivity contribution in [1.29, 1.82) is 0 Å². The molecule has 1 aliphatic rings. The Morgan fingerprint density at radius 2 is 2.03 bits per heavy atom. The van der Waals surface area contributed by atoms with E-state index in [0.717, 1.165) is 47.0 Å². The fourth-order valence-corrected chi connectivity index (χ4v) is 3.76. The van der Waals surface area contributed by atoms with E-state index >= 15 is 0 Å². The molecule has 0 bridgehead atoms. The van der Waals surface area contributed by atoms with Crippen molar-refractivity contribution in [2.45, 2.75) is 31.8 Å². The highest BCUT2D eigenvalue weighted by atomic mass is 19.1. The molecule has 1 fully saturated rings. The number of benzene rings is 1. The quantitative estimate of drug-likeness (QED) is 0.462. The number of hydrogen-bond donors (Lipinski definition) is 1. The molecule has 0 unspecified atom stereocenters. The molecule has 0 saturated heterocycles. The first kappa shape index (κ1) is 19.2. The zero-order valence-electron chi connectivity index (χ0n) is 16.9. The minimum absolute atomic E-state index is 0.313. The predicted molar refractivity (Wildman–Crippen MR) is 112 cm³/mol. The SMILES string of the molecule is Cc1cc(Cn2cc3c(C4(NC=O)CC4)nccc3n2)cnc1Oc1ccc(F)cc1. The molecule has 1 N–H and O–H groups in total. The van der Waals surface area contributed by atoms with Gasteiger partial charge in [-0.1, -0.05) is 0 Å². The average molecular weight is 417 g/mol. The van der Waals surface area contributed by atoms with Crippen molar-refractivity contribution in [3.05, 3.63) is 77.6 Å². The van der Waals surface area contributed by atoms with Crippen LogP contribution >= 0.6 is 0 Å². The van der Waals surface area contributed by atoms with Crippen molar-refractivity contribution >= 4 is 17.3 Å². The standard InChI is InChI=1S/C23H20FN5O2/c1-15-10-16(11-26-22(15)31-18-4-2-17(24)3-5-18)12-29-13-19-20(28-29)6-9-25-21(19)23(7-8-23)27-14-30/h2-6,9-11,13-14H,7-8,12H2,1H3,(H,27,30). The van der Waals surface area contributed by atoms with Crippen LogP contribution in [0.1, 0.15) is 29.7 Å². The molecule has 3 heterocycles. The number of aryl methyl sites for hydroxylation is 1. The summed E-state index contributed by atoms with van der Waals surface area (Å²) < 4.78 is 20.7. The number of ether oxygens (including phenoxy) is 1. The Morgan fingerprint density at radius 1 is 1.23 bits per heavy atom. The van der Waals surface area contributed by atoms with Gasteiger partial charge in [0.05, 0.1) is 23.3 Å². The van der Waals surface area contributed by atoms with Gasteiger partial charge < -0.3 is 10.1 Å². The Bertz CT molecular complexity index is 1260. The number of carbonyl (C=O) groups is 1. The molecule has 3 aromatic heterocycles. The van der Waals surface area contributed by atoms with E-state index in [1.165, 1.54) is 12.1 Å². The topological polar surface area (TPSA) is 81.9 Å². The van der Waals surface area contributed by atoms with E-state index in [-0.39, 0.29) is 11.4 Å². The third-order valence-corrected chi connectivity index (χ3v) is 5.48. The van der Waals surface area contributed by atoms with Gasteiger partial charge in [-0.3, -0.25) is 14.5 Å². The molecule has 0 spiro atoms. The molecule has 4 aromatic rings. The number of hydrogen-bond acceptors (Lipinski definition) is 5. The Hall–Kier alpha value is -3.81. The third kappa shape index (κ3) is 3.72. The van der Waals surface area contributed by atoms with Crippen LogP contribution in [0.4, 0.5) is 4.39 Å².